The molecule has 0 N–H and O–H groups in total. The van der Waals surface area contributed by atoms with Crippen LogP contribution < -0.4 is 0 Å². The molecule has 1 atom stereocenters. The van der Waals surface area contributed by atoms with Gasteiger partial charge in [0.05, 0.1) is 6.61 Å². The minimum atomic E-state index is -1.80. The van der Waals surface area contributed by atoms with E-state index in [-0.39, 0.29) is 17.2 Å². The SMILES string of the molecule is CCOC(=O)C(F)c1ccccc1Cl. The standard InChI is InChI=1S/C10H10ClFO2/c1-2-14-10(13)9(12)7-5-3-4-6-8(7)11/h3-6,9H,2H2,1H3. The zero-order chi connectivity index (χ0) is 10.6. The van der Waals surface area contributed by atoms with Gasteiger partial charge in [0.25, 0.3) is 0 Å². The molecule has 0 fully saturated rings. The molecular formula is C10H10ClFO2. The van der Waals surface area contributed by atoms with Crippen LogP contribution in [0.5, 0.6) is 0 Å². The molecule has 2 nitrogen and oxygen atoms in total. The predicted molar refractivity (Wildman–Crippen MR) is 51.9 cm³/mol. The van der Waals surface area contributed by atoms with Crippen LogP contribution in [0.15, 0.2) is 24.3 Å². The molecule has 14 heavy (non-hydrogen) atoms. The highest BCUT2D eigenvalue weighted by Crippen LogP contribution is 2.26. The summed E-state index contributed by atoms with van der Waals surface area (Å²) in [5.74, 6) is -0.902. The number of hydrogen-bond donors (Lipinski definition) is 0. The summed E-state index contributed by atoms with van der Waals surface area (Å²) in [5, 5.41) is 0.230. The maximum absolute atomic E-state index is 13.4. The van der Waals surface area contributed by atoms with E-state index in [1.807, 2.05) is 0 Å². The molecule has 0 aromatic heterocycles. The van der Waals surface area contributed by atoms with E-state index < -0.39 is 12.1 Å². The summed E-state index contributed by atoms with van der Waals surface area (Å²) in [6.07, 6.45) is -1.80. The number of ether oxygens (including phenoxy) is 1. The van der Waals surface area contributed by atoms with Crippen molar-refractivity contribution in [3.63, 3.8) is 0 Å². The third kappa shape index (κ3) is 2.45. The fourth-order valence-corrected chi connectivity index (χ4v) is 1.25. The second-order valence-corrected chi connectivity index (χ2v) is 3.04. The van der Waals surface area contributed by atoms with E-state index in [0.29, 0.717) is 0 Å². The van der Waals surface area contributed by atoms with Crippen LogP contribution in [0.3, 0.4) is 0 Å². The first-order chi connectivity index (χ1) is 6.66. The molecule has 0 bridgehead atoms. The first-order valence-corrected chi connectivity index (χ1v) is 4.59. The van der Waals surface area contributed by atoms with E-state index in [0.717, 1.165) is 0 Å². The summed E-state index contributed by atoms with van der Waals surface area (Å²) in [4.78, 5) is 11.0. The lowest BCUT2D eigenvalue weighted by Crippen LogP contribution is -2.12. The van der Waals surface area contributed by atoms with Crippen LogP contribution in [0.1, 0.15) is 18.7 Å². The van der Waals surface area contributed by atoms with Gasteiger partial charge in [0.2, 0.25) is 6.17 Å². The first kappa shape index (κ1) is 11.0. The van der Waals surface area contributed by atoms with Crippen LogP contribution in [-0.4, -0.2) is 12.6 Å². The number of halogens is 2. The molecule has 1 unspecified atom stereocenters. The van der Waals surface area contributed by atoms with Crippen molar-refractivity contribution >= 4 is 17.6 Å². The van der Waals surface area contributed by atoms with Gasteiger partial charge in [0, 0.05) is 10.6 Å². The highest BCUT2D eigenvalue weighted by atomic mass is 35.5. The van der Waals surface area contributed by atoms with Gasteiger partial charge in [0.1, 0.15) is 0 Å². The maximum atomic E-state index is 13.4. The molecule has 1 aromatic carbocycles. The number of rotatable bonds is 3. The van der Waals surface area contributed by atoms with Crippen molar-refractivity contribution in [2.75, 3.05) is 6.61 Å². The number of carbonyl (C=O) groups is 1. The highest BCUT2D eigenvalue weighted by Gasteiger charge is 2.22. The molecule has 0 saturated carbocycles. The van der Waals surface area contributed by atoms with Gasteiger partial charge in [-0.3, -0.25) is 0 Å². The van der Waals surface area contributed by atoms with Gasteiger partial charge in [-0.1, -0.05) is 29.8 Å². The minimum Gasteiger partial charge on any atom is -0.464 e. The van der Waals surface area contributed by atoms with E-state index in [1.54, 1.807) is 19.1 Å². The molecule has 0 aliphatic heterocycles. The second-order valence-electron chi connectivity index (χ2n) is 2.64. The molecule has 0 amide bonds. The van der Waals surface area contributed by atoms with Crippen LogP contribution in [0.4, 0.5) is 4.39 Å². The van der Waals surface area contributed by atoms with Gasteiger partial charge in [-0.15, -0.1) is 0 Å². The minimum absolute atomic E-state index is 0.146. The molecule has 0 aliphatic rings. The van der Waals surface area contributed by atoms with Crippen molar-refractivity contribution in [1.29, 1.82) is 0 Å². The van der Waals surface area contributed by atoms with Gasteiger partial charge >= 0.3 is 5.97 Å². The summed E-state index contributed by atoms with van der Waals surface area (Å²) in [6.45, 7) is 1.78. The highest BCUT2D eigenvalue weighted by molar-refractivity contribution is 6.31. The third-order valence-corrected chi connectivity index (χ3v) is 2.02. The largest absolute Gasteiger partial charge is 0.464 e. The molecule has 1 rings (SSSR count). The van der Waals surface area contributed by atoms with Crippen molar-refractivity contribution in [3.05, 3.63) is 34.9 Å². The zero-order valence-corrected chi connectivity index (χ0v) is 8.42. The van der Waals surface area contributed by atoms with E-state index in [9.17, 15) is 9.18 Å². The Bertz CT molecular complexity index is 328. The van der Waals surface area contributed by atoms with E-state index in [1.165, 1.54) is 12.1 Å². The first-order valence-electron chi connectivity index (χ1n) is 4.22. The Labute approximate surface area is 86.6 Å². The van der Waals surface area contributed by atoms with Crippen LogP contribution in [0.25, 0.3) is 0 Å². The predicted octanol–water partition coefficient (Wildman–Crippen LogP) is 2.91. The Hall–Kier alpha value is -1.09. The molecule has 0 aliphatic carbocycles. The Morgan fingerprint density at radius 3 is 2.79 bits per heavy atom. The van der Waals surface area contributed by atoms with E-state index >= 15 is 0 Å². The normalized spacial score (nSPS) is 12.2. The van der Waals surface area contributed by atoms with Crippen molar-refractivity contribution in [3.8, 4) is 0 Å². The molecule has 1 aromatic rings. The van der Waals surface area contributed by atoms with Crippen molar-refractivity contribution < 1.29 is 13.9 Å². The van der Waals surface area contributed by atoms with Gasteiger partial charge in [-0.05, 0) is 13.0 Å². The number of esters is 1. The second kappa shape index (κ2) is 4.96. The van der Waals surface area contributed by atoms with Crippen LogP contribution in [0, 0.1) is 0 Å². The lowest BCUT2D eigenvalue weighted by Gasteiger charge is -2.08. The summed E-state index contributed by atoms with van der Waals surface area (Å²) >= 11 is 5.72. The quantitative estimate of drug-likeness (QED) is 0.727. The van der Waals surface area contributed by atoms with Crippen molar-refractivity contribution in [1.82, 2.24) is 0 Å². The lowest BCUT2D eigenvalue weighted by atomic mass is 10.1. The zero-order valence-electron chi connectivity index (χ0n) is 7.67. The van der Waals surface area contributed by atoms with Gasteiger partial charge < -0.3 is 4.74 Å². The summed E-state index contributed by atoms with van der Waals surface area (Å²) in [5.41, 5.74) is 0.146. The molecule has 0 heterocycles. The third-order valence-electron chi connectivity index (χ3n) is 1.67. The number of carbonyl (C=O) groups excluding carboxylic acids is 1. The average Bonchev–Trinajstić information content (AvgIpc) is 2.18. The molecule has 4 heteroatoms. The Balaban J connectivity index is 2.84. The molecule has 0 spiro atoms. The van der Waals surface area contributed by atoms with Crippen molar-refractivity contribution in [2.45, 2.75) is 13.1 Å². The van der Waals surface area contributed by atoms with Gasteiger partial charge in [-0.25, -0.2) is 9.18 Å². The molecule has 0 radical (unpaired) electrons. The summed E-state index contributed by atoms with van der Waals surface area (Å²) < 4.78 is 18.0. The van der Waals surface area contributed by atoms with Crippen LogP contribution in [0.2, 0.25) is 5.02 Å². The summed E-state index contributed by atoms with van der Waals surface area (Å²) in [6, 6.07) is 6.28. The van der Waals surface area contributed by atoms with E-state index in [4.69, 9.17) is 11.6 Å². The number of alkyl halides is 1. The number of hydrogen-bond acceptors (Lipinski definition) is 2. The Kier molecular flexibility index (Phi) is 3.89. The van der Waals surface area contributed by atoms with Crippen LogP contribution in [-0.2, 0) is 9.53 Å². The number of benzene rings is 1. The topological polar surface area (TPSA) is 26.3 Å². The summed E-state index contributed by atoms with van der Waals surface area (Å²) in [7, 11) is 0. The average molecular weight is 217 g/mol. The maximum Gasteiger partial charge on any atom is 0.345 e. The molecular weight excluding hydrogens is 207 g/mol. The van der Waals surface area contributed by atoms with Crippen molar-refractivity contribution in [2.24, 2.45) is 0 Å². The van der Waals surface area contributed by atoms with Crippen LogP contribution >= 0.6 is 11.6 Å². The Morgan fingerprint density at radius 1 is 1.57 bits per heavy atom. The lowest BCUT2D eigenvalue weighted by molar-refractivity contribution is -0.149. The smallest absolute Gasteiger partial charge is 0.345 e. The molecule has 0 saturated heterocycles. The fraction of sp³-hybridized carbons (Fsp3) is 0.300. The Morgan fingerprint density at radius 2 is 2.21 bits per heavy atom. The van der Waals surface area contributed by atoms with E-state index in [2.05, 4.69) is 4.74 Å². The molecule has 76 valence electrons. The fourth-order valence-electron chi connectivity index (χ4n) is 1.02. The van der Waals surface area contributed by atoms with Gasteiger partial charge in [-0.2, -0.15) is 0 Å². The van der Waals surface area contributed by atoms with Gasteiger partial charge in [0.15, 0.2) is 0 Å². The monoisotopic (exact) mass is 216 g/mol.